The SMILES string of the molecule is CCCS(=O)(=O)N1CCC[C@H]1C(=O)Nc1ccc(NC(=O)CC(C)C)cc1. The second-order valence-electron chi connectivity index (χ2n) is 7.30. The molecule has 1 aliphatic rings. The van der Waals surface area contributed by atoms with Crippen molar-refractivity contribution in [3.8, 4) is 0 Å². The van der Waals surface area contributed by atoms with Gasteiger partial charge in [0.05, 0.1) is 5.75 Å². The van der Waals surface area contributed by atoms with Crippen LogP contribution in [0.4, 0.5) is 11.4 Å². The molecule has 0 bridgehead atoms. The molecule has 0 saturated carbocycles. The number of rotatable bonds is 8. The molecule has 1 aromatic carbocycles. The highest BCUT2D eigenvalue weighted by Gasteiger charge is 2.38. The van der Waals surface area contributed by atoms with Crippen molar-refractivity contribution in [2.24, 2.45) is 5.92 Å². The molecular formula is C19H29N3O4S. The fourth-order valence-electron chi connectivity index (χ4n) is 3.16. The summed E-state index contributed by atoms with van der Waals surface area (Å²) in [4.78, 5) is 24.4. The van der Waals surface area contributed by atoms with E-state index in [1.54, 1.807) is 24.3 Å². The zero-order valence-electron chi connectivity index (χ0n) is 16.2. The van der Waals surface area contributed by atoms with Crippen LogP contribution in [0.3, 0.4) is 0 Å². The van der Waals surface area contributed by atoms with E-state index in [9.17, 15) is 18.0 Å². The van der Waals surface area contributed by atoms with Crippen molar-refractivity contribution in [2.75, 3.05) is 22.9 Å². The monoisotopic (exact) mass is 395 g/mol. The average Bonchev–Trinajstić information content (AvgIpc) is 3.06. The molecule has 8 heteroatoms. The van der Waals surface area contributed by atoms with Crippen LogP contribution in [0.2, 0.25) is 0 Å². The normalized spacial score (nSPS) is 17.9. The molecule has 0 aromatic heterocycles. The lowest BCUT2D eigenvalue weighted by atomic mass is 10.1. The molecular weight excluding hydrogens is 366 g/mol. The summed E-state index contributed by atoms with van der Waals surface area (Å²) in [5.41, 5.74) is 1.23. The van der Waals surface area contributed by atoms with Gasteiger partial charge in [0.1, 0.15) is 6.04 Å². The Morgan fingerprint density at radius 2 is 1.74 bits per heavy atom. The van der Waals surface area contributed by atoms with Crippen LogP contribution in [0, 0.1) is 5.92 Å². The van der Waals surface area contributed by atoms with E-state index in [0.29, 0.717) is 43.6 Å². The summed E-state index contributed by atoms with van der Waals surface area (Å²) in [5.74, 6) is -0.0307. The van der Waals surface area contributed by atoms with Gasteiger partial charge in [-0.25, -0.2) is 8.42 Å². The van der Waals surface area contributed by atoms with E-state index in [0.717, 1.165) is 0 Å². The number of benzene rings is 1. The molecule has 1 fully saturated rings. The highest BCUT2D eigenvalue weighted by Crippen LogP contribution is 2.24. The topological polar surface area (TPSA) is 95.6 Å². The van der Waals surface area contributed by atoms with E-state index in [1.165, 1.54) is 4.31 Å². The number of carbonyl (C=O) groups excluding carboxylic acids is 2. The van der Waals surface area contributed by atoms with Crippen molar-refractivity contribution < 1.29 is 18.0 Å². The molecule has 2 amide bonds. The Kier molecular flexibility index (Phi) is 7.38. The summed E-state index contributed by atoms with van der Waals surface area (Å²) in [7, 11) is -3.40. The zero-order chi connectivity index (χ0) is 20.0. The third-order valence-electron chi connectivity index (χ3n) is 4.36. The number of hydrogen-bond acceptors (Lipinski definition) is 4. The molecule has 1 aliphatic heterocycles. The Hall–Kier alpha value is -1.93. The standard InChI is InChI=1S/C19H29N3O4S/c1-4-12-27(25,26)22-11-5-6-17(22)19(24)21-16-9-7-15(8-10-16)20-18(23)13-14(2)3/h7-10,14,17H,4-6,11-13H2,1-3H3,(H,20,23)(H,21,24)/t17-/m0/s1. The van der Waals surface area contributed by atoms with E-state index in [1.807, 2.05) is 20.8 Å². The average molecular weight is 396 g/mol. The fraction of sp³-hybridized carbons (Fsp3) is 0.579. The predicted molar refractivity (Wildman–Crippen MR) is 107 cm³/mol. The van der Waals surface area contributed by atoms with E-state index in [4.69, 9.17) is 0 Å². The van der Waals surface area contributed by atoms with Gasteiger partial charge in [-0.2, -0.15) is 4.31 Å². The summed E-state index contributed by atoms with van der Waals surface area (Å²) >= 11 is 0. The zero-order valence-corrected chi connectivity index (χ0v) is 17.0. The highest BCUT2D eigenvalue weighted by molar-refractivity contribution is 7.89. The third kappa shape index (κ3) is 6.04. The Bertz CT molecular complexity index is 760. The lowest BCUT2D eigenvalue weighted by Gasteiger charge is -2.23. The van der Waals surface area contributed by atoms with Crippen molar-refractivity contribution in [2.45, 2.75) is 52.5 Å². The molecule has 2 N–H and O–H groups in total. The minimum Gasteiger partial charge on any atom is -0.326 e. The van der Waals surface area contributed by atoms with Crippen LogP contribution < -0.4 is 10.6 Å². The third-order valence-corrected chi connectivity index (χ3v) is 6.43. The number of sulfonamides is 1. The summed E-state index contributed by atoms with van der Waals surface area (Å²) in [6.45, 7) is 6.15. The van der Waals surface area contributed by atoms with Crippen LogP contribution in [0.5, 0.6) is 0 Å². The number of nitrogens with one attached hydrogen (secondary N) is 2. The molecule has 1 heterocycles. The van der Waals surface area contributed by atoms with Gasteiger partial charge in [0, 0.05) is 24.3 Å². The second-order valence-corrected chi connectivity index (χ2v) is 9.34. The van der Waals surface area contributed by atoms with Crippen LogP contribution in [-0.4, -0.2) is 42.9 Å². The van der Waals surface area contributed by atoms with Crippen molar-refractivity contribution in [1.29, 1.82) is 0 Å². The van der Waals surface area contributed by atoms with Crippen molar-refractivity contribution in [1.82, 2.24) is 4.31 Å². The van der Waals surface area contributed by atoms with Crippen LogP contribution in [0.25, 0.3) is 0 Å². The maximum absolute atomic E-state index is 12.6. The molecule has 7 nitrogen and oxygen atoms in total. The number of nitrogens with zero attached hydrogens (tertiary/aromatic N) is 1. The lowest BCUT2D eigenvalue weighted by Crippen LogP contribution is -2.44. The van der Waals surface area contributed by atoms with Crippen LogP contribution in [-0.2, 0) is 19.6 Å². The van der Waals surface area contributed by atoms with Gasteiger partial charge in [-0.15, -0.1) is 0 Å². The first-order valence-corrected chi connectivity index (χ1v) is 11.0. The number of amides is 2. The first-order chi connectivity index (χ1) is 12.7. The Labute approximate surface area is 161 Å². The molecule has 27 heavy (non-hydrogen) atoms. The first-order valence-electron chi connectivity index (χ1n) is 9.43. The van der Waals surface area contributed by atoms with Gasteiger partial charge in [-0.3, -0.25) is 9.59 Å². The van der Waals surface area contributed by atoms with Crippen molar-refractivity contribution in [3.63, 3.8) is 0 Å². The van der Waals surface area contributed by atoms with Gasteiger partial charge in [-0.05, 0) is 49.4 Å². The molecule has 0 unspecified atom stereocenters. The molecule has 2 rings (SSSR count). The molecule has 0 radical (unpaired) electrons. The molecule has 1 saturated heterocycles. The van der Waals surface area contributed by atoms with Gasteiger partial charge in [0.15, 0.2) is 0 Å². The molecule has 150 valence electrons. The van der Waals surface area contributed by atoms with E-state index >= 15 is 0 Å². The summed E-state index contributed by atoms with van der Waals surface area (Å²) in [6, 6.07) is 6.17. The van der Waals surface area contributed by atoms with Gasteiger partial charge in [0.2, 0.25) is 21.8 Å². The quantitative estimate of drug-likeness (QED) is 0.707. The maximum Gasteiger partial charge on any atom is 0.242 e. The van der Waals surface area contributed by atoms with Crippen molar-refractivity contribution >= 4 is 33.2 Å². The first kappa shape index (κ1) is 21.4. The molecule has 0 aliphatic carbocycles. The fourth-order valence-corrected chi connectivity index (χ4v) is 4.90. The highest BCUT2D eigenvalue weighted by atomic mass is 32.2. The number of anilines is 2. The summed E-state index contributed by atoms with van der Waals surface area (Å²) in [6.07, 6.45) is 2.18. The maximum atomic E-state index is 12.6. The minimum absolute atomic E-state index is 0.0514. The molecule has 1 atom stereocenters. The smallest absolute Gasteiger partial charge is 0.242 e. The van der Waals surface area contributed by atoms with Crippen molar-refractivity contribution in [3.05, 3.63) is 24.3 Å². The Balaban J connectivity index is 1.98. The largest absolute Gasteiger partial charge is 0.326 e. The van der Waals surface area contributed by atoms with Gasteiger partial charge in [0.25, 0.3) is 0 Å². The Morgan fingerprint density at radius 3 is 2.30 bits per heavy atom. The van der Waals surface area contributed by atoms with E-state index < -0.39 is 16.1 Å². The Morgan fingerprint density at radius 1 is 1.15 bits per heavy atom. The van der Waals surface area contributed by atoms with E-state index in [2.05, 4.69) is 10.6 Å². The van der Waals surface area contributed by atoms with Crippen LogP contribution in [0.1, 0.15) is 46.5 Å². The second kappa shape index (κ2) is 9.32. The molecule has 1 aromatic rings. The van der Waals surface area contributed by atoms with E-state index in [-0.39, 0.29) is 23.5 Å². The molecule has 0 spiro atoms. The lowest BCUT2D eigenvalue weighted by molar-refractivity contribution is -0.119. The summed E-state index contributed by atoms with van der Waals surface area (Å²) in [5, 5.41) is 5.59. The minimum atomic E-state index is -3.40. The number of hydrogen-bond donors (Lipinski definition) is 2. The summed E-state index contributed by atoms with van der Waals surface area (Å²) < 4.78 is 26.0. The predicted octanol–water partition coefficient (Wildman–Crippen LogP) is 2.81. The van der Waals surface area contributed by atoms with Crippen LogP contribution >= 0.6 is 0 Å². The van der Waals surface area contributed by atoms with Crippen LogP contribution in [0.15, 0.2) is 24.3 Å². The van der Waals surface area contributed by atoms with Gasteiger partial charge in [-0.1, -0.05) is 20.8 Å². The van der Waals surface area contributed by atoms with Gasteiger partial charge < -0.3 is 10.6 Å². The van der Waals surface area contributed by atoms with Gasteiger partial charge >= 0.3 is 0 Å². The number of carbonyl (C=O) groups is 2.